The lowest BCUT2D eigenvalue weighted by molar-refractivity contribution is -0.146. The summed E-state index contributed by atoms with van der Waals surface area (Å²) in [4.78, 5) is 23.8. The van der Waals surface area contributed by atoms with Gasteiger partial charge < -0.3 is 24.4 Å². The predicted octanol–water partition coefficient (Wildman–Crippen LogP) is 10.1. The van der Waals surface area contributed by atoms with Crippen LogP contribution in [0.5, 0.6) is 0 Å². The van der Waals surface area contributed by atoms with Gasteiger partial charge in [0.05, 0.1) is 25.4 Å². The first-order valence-electron chi connectivity index (χ1n) is 19.5. The molecule has 0 bridgehead atoms. The van der Waals surface area contributed by atoms with Gasteiger partial charge in [-0.25, -0.2) is 0 Å². The molecule has 0 unspecified atom stereocenters. The highest BCUT2D eigenvalue weighted by atomic mass is 16.6. The molecule has 0 rings (SSSR count). The number of rotatable bonds is 36. The van der Waals surface area contributed by atoms with E-state index in [-0.39, 0.29) is 37.4 Å². The molecule has 0 aliphatic heterocycles. The minimum absolute atomic E-state index is 0.184. The van der Waals surface area contributed by atoms with Gasteiger partial charge in [0.1, 0.15) is 13.2 Å². The summed E-state index contributed by atoms with van der Waals surface area (Å²) in [6.07, 6.45) is 34.8. The first-order chi connectivity index (χ1) is 23.0. The van der Waals surface area contributed by atoms with Gasteiger partial charge in [-0.2, -0.15) is 0 Å². The van der Waals surface area contributed by atoms with E-state index in [1.807, 2.05) is 0 Å². The van der Waals surface area contributed by atoms with Crippen LogP contribution in [0.4, 0.5) is 0 Å². The highest BCUT2D eigenvalue weighted by molar-refractivity contribution is 5.69. The van der Waals surface area contributed by atoms with Gasteiger partial charge in [0.25, 0.3) is 0 Å². The van der Waals surface area contributed by atoms with Crippen molar-refractivity contribution in [3.8, 4) is 0 Å². The number of unbranched alkanes of at least 4 members (excludes halogenated alkanes) is 16. The normalized spacial score (nSPS) is 13.0. The topological polar surface area (TPSA) is 102 Å². The zero-order chi connectivity index (χ0) is 34.5. The lowest BCUT2D eigenvalue weighted by Crippen LogP contribution is -2.14. The SMILES string of the molecule is CCCCCC[C@@H](O)C/C=C/CCCCCCCC(=O)OCCOCCOC(=O)CCCCCCC/C=C/C[C@H](O)CCCCCC. The molecule has 0 aromatic rings. The van der Waals surface area contributed by atoms with E-state index in [4.69, 9.17) is 14.2 Å². The Kier molecular flexibility index (Phi) is 35.8. The molecule has 0 radical (unpaired) electrons. The summed E-state index contributed by atoms with van der Waals surface area (Å²) in [6, 6.07) is 0. The molecule has 0 amide bonds. The average Bonchev–Trinajstić information content (AvgIpc) is 3.06. The Labute approximate surface area is 289 Å². The maximum atomic E-state index is 11.9. The smallest absolute Gasteiger partial charge is 0.305 e. The fraction of sp³-hybridized carbons (Fsp3) is 0.850. The van der Waals surface area contributed by atoms with Crippen molar-refractivity contribution < 1.29 is 34.0 Å². The molecule has 47 heavy (non-hydrogen) atoms. The van der Waals surface area contributed by atoms with Gasteiger partial charge in [0.2, 0.25) is 0 Å². The van der Waals surface area contributed by atoms with Crippen LogP contribution in [-0.2, 0) is 23.8 Å². The van der Waals surface area contributed by atoms with E-state index >= 15 is 0 Å². The molecule has 0 aromatic carbocycles. The fourth-order valence-corrected chi connectivity index (χ4v) is 5.39. The number of carbonyl (C=O) groups excluding carboxylic acids is 2. The molecule has 7 nitrogen and oxygen atoms in total. The third-order valence-corrected chi connectivity index (χ3v) is 8.42. The summed E-state index contributed by atoms with van der Waals surface area (Å²) in [7, 11) is 0. The number of carbonyl (C=O) groups is 2. The first-order valence-corrected chi connectivity index (χ1v) is 19.5. The van der Waals surface area contributed by atoms with Crippen LogP contribution < -0.4 is 0 Å². The molecule has 0 aliphatic carbocycles. The second-order valence-corrected chi connectivity index (χ2v) is 13.1. The minimum Gasteiger partial charge on any atom is -0.463 e. The summed E-state index contributed by atoms with van der Waals surface area (Å²) in [6.45, 7) is 5.47. The molecule has 7 heteroatoms. The van der Waals surface area contributed by atoms with E-state index in [9.17, 15) is 19.8 Å². The van der Waals surface area contributed by atoms with Gasteiger partial charge >= 0.3 is 11.9 Å². The molecule has 0 aromatic heterocycles. The van der Waals surface area contributed by atoms with Crippen LogP contribution in [-0.4, -0.2) is 60.8 Å². The number of ether oxygens (including phenoxy) is 3. The Balaban J connectivity index is 3.40. The first kappa shape index (κ1) is 45.3. The van der Waals surface area contributed by atoms with Gasteiger partial charge in [0.15, 0.2) is 0 Å². The maximum absolute atomic E-state index is 11.9. The Morgan fingerprint density at radius 2 is 0.872 bits per heavy atom. The van der Waals surface area contributed by atoms with Crippen LogP contribution >= 0.6 is 0 Å². The standard InChI is InChI=1S/C40H74O7/c1-3-5-7-21-27-37(41)29-23-17-13-9-11-15-19-25-31-39(43)46-35-33-45-34-36-47-40(44)32-26-20-16-12-10-14-18-24-30-38(42)28-22-8-6-4-2/h17-18,23-24,37-38,41-42H,3-16,19-22,25-36H2,1-2H3/b23-17+,24-18+/t37-,38-/m1/s1. The van der Waals surface area contributed by atoms with Crippen LogP contribution in [0, 0.1) is 0 Å². The van der Waals surface area contributed by atoms with E-state index < -0.39 is 0 Å². The van der Waals surface area contributed by atoms with Crippen molar-refractivity contribution in [1.29, 1.82) is 0 Å². The molecule has 0 heterocycles. The third kappa shape index (κ3) is 37.0. The lowest BCUT2D eigenvalue weighted by Gasteiger charge is -2.07. The van der Waals surface area contributed by atoms with E-state index in [1.165, 1.54) is 38.5 Å². The number of hydrogen-bond donors (Lipinski definition) is 2. The second kappa shape index (κ2) is 37.1. The van der Waals surface area contributed by atoms with Gasteiger partial charge in [-0.05, 0) is 64.2 Å². The van der Waals surface area contributed by atoms with Gasteiger partial charge in [-0.3, -0.25) is 9.59 Å². The molecular formula is C40H74O7. The van der Waals surface area contributed by atoms with Crippen molar-refractivity contribution in [3.05, 3.63) is 24.3 Å². The van der Waals surface area contributed by atoms with Gasteiger partial charge in [-0.15, -0.1) is 0 Å². The number of aliphatic hydroxyl groups is 2. The summed E-state index contributed by atoms with van der Waals surface area (Å²) in [5, 5.41) is 20.0. The van der Waals surface area contributed by atoms with Crippen molar-refractivity contribution in [2.75, 3.05) is 26.4 Å². The van der Waals surface area contributed by atoms with E-state index in [0.717, 1.165) is 116 Å². The minimum atomic E-state index is -0.198. The van der Waals surface area contributed by atoms with Crippen molar-refractivity contribution in [3.63, 3.8) is 0 Å². The highest BCUT2D eigenvalue weighted by Gasteiger charge is 2.05. The summed E-state index contributed by atoms with van der Waals surface area (Å²) in [5.74, 6) is -0.368. The van der Waals surface area contributed by atoms with Crippen LogP contribution in [0.2, 0.25) is 0 Å². The largest absolute Gasteiger partial charge is 0.463 e. The number of hydrogen-bond acceptors (Lipinski definition) is 7. The molecule has 276 valence electrons. The van der Waals surface area contributed by atoms with E-state index in [1.54, 1.807) is 0 Å². The molecule has 0 aliphatic rings. The number of aliphatic hydroxyl groups excluding tert-OH is 2. The number of allylic oxidation sites excluding steroid dienone is 2. The zero-order valence-corrected chi connectivity index (χ0v) is 30.6. The fourth-order valence-electron chi connectivity index (χ4n) is 5.39. The Morgan fingerprint density at radius 3 is 1.30 bits per heavy atom. The lowest BCUT2D eigenvalue weighted by atomic mass is 10.1. The van der Waals surface area contributed by atoms with Crippen LogP contribution in [0.1, 0.15) is 181 Å². The highest BCUT2D eigenvalue weighted by Crippen LogP contribution is 2.12. The molecular weight excluding hydrogens is 592 g/mol. The predicted molar refractivity (Wildman–Crippen MR) is 194 cm³/mol. The molecule has 0 saturated heterocycles. The summed E-state index contributed by atoms with van der Waals surface area (Å²) >= 11 is 0. The van der Waals surface area contributed by atoms with E-state index in [2.05, 4.69) is 38.2 Å². The molecule has 0 saturated carbocycles. The van der Waals surface area contributed by atoms with Crippen molar-refractivity contribution in [1.82, 2.24) is 0 Å². The Hall–Kier alpha value is -1.70. The van der Waals surface area contributed by atoms with Crippen LogP contribution in [0.3, 0.4) is 0 Å². The number of esters is 2. The quantitative estimate of drug-likeness (QED) is 0.0390. The Bertz CT molecular complexity index is 676. The van der Waals surface area contributed by atoms with Crippen LogP contribution in [0.25, 0.3) is 0 Å². The Morgan fingerprint density at radius 1 is 0.489 bits per heavy atom. The molecule has 2 N–H and O–H groups in total. The van der Waals surface area contributed by atoms with Gasteiger partial charge in [-0.1, -0.05) is 128 Å². The maximum Gasteiger partial charge on any atom is 0.305 e. The third-order valence-electron chi connectivity index (χ3n) is 8.42. The van der Waals surface area contributed by atoms with Crippen molar-refractivity contribution >= 4 is 11.9 Å². The van der Waals surface area contributed by atoms with Gasteiger partial charge in [0, 0.05) is 12.8 Å². The molecule has 2 atom stereocenters. The summed E-state index contributed by atoms with van der Waals surface area (Å²) in [5.41, 5.74) is 0. The van der Waals surface area contributed by atoms with Crippen molar-refractivity contribution in [2.45, 2.75) is 193 Å². The molecule has 0 fully saturated rings. The van der Waals surface area contributed by atoms with Crippen LogP contribution in [0.15, 0.2) is 24.3 Å². The zero-order valence-electron chi connectivity index (χ0n) is 30.6. The monoisotopic (exact) mass is 667 g/mol. The van der Waals surface area contributed by atoms with Crippen molar-refractivity contribution in [2.24, 2.45) is 0 Å². The second-order valence-electron chi connectivity index (χ2n) is 13.1. The average molecular weight is 667 g/mol. The molecule has 0 spiro atoms. The summed E-state index contributed by atoms with van der Waals surface area (Å²) < 4.78 is 15.9. The van der Waals surface area contributed by atoms with E-state index in [0.29, 0.717) is 26.1 Å².